The summed E-state index contributed by atoms with van der Waals surface area (Å²) >= 11 is 0. The summed E-state index contributed by atoms with van der Waals surface area (Å²) in [5, 5.41) is 17.6. The first-order chi connectivity index (χ1) is 10.0. The van der Waals surface area contributed by atoms with Crippen molar-refractivity contribution in [1.82, 2.24) is 0 Å². The van der Waals surface area contributed by atoms with Gasteiger partial charge in [0, 0.05) is 5.92 Å². The number of ketones is 1. The molecule has 0 saturated carbocycles. The molecule has 108 valence electrons. The van der Waals surface area contributed by atoms with Gasteiger partial charge >= 0.3 is 0 Å². The molecule has 1 rings (SSSR count). The molecule has 0 amide bonds. The standard InChI is InChI=1S/C16H16N2O3/c1-11(2)16(19)13(10-18)8-12-4-5-14(21-7-6-17)15(9-12)20-3/h4-5,8-9,11H,7H2,1-3H3/b13-8+. The highest BCUT2D eigenvalue weighted by atomic mass is 16.5. The van der Waals surface area contributed by atoms with Crippen LogP contribution in [0.1, 0.15) is 19.4 Å². The van der Waals surface area contributed by atoms with Gasteiger partial charge < -0.3 is 9.47 Å². The zero-order chi connectivity index (χ0) is 15.8. The number of rotatable bonds is 6. The lowest BCUT2D eigenvalue weighted by Crippen LogP contribution is -2.08. The lowest BCUT2D eigenvalue weighted by atomic mass is 10.00. The van der Waals surface area contributed by atoms with Gasteiger partial charge in [-0.05, 0) is 23.8 Å². The molecule has 0 unspecified atom stereocenters. The third-order valence-electron chi connectivity index (χ3n) is 2.70. The maximum Gasteiger partial charge on any atom is 0.175 e. The monoisotopic (exact) mass is 284 g/mol. The van der Waals surface area contributed by atoms with Crippen molar-refractivity contribution in [2.24, 2.45) is 5.92 Å². The van der Waals surface area contributed by atoms with Crippen molar-refractivity contribution < 1.29 is 14.3 Å². The second-order valence-electron chi connectivity index (χ2n) is 4.55. The minimum Gasteiger partial charge on any atom is -0.493 e. The number of hydrogen-bond acceptors (Lipinski definition) is 5. The van der Waals surface area contributed by atoms with E-state index in [9.17, 15) is 4.79 Å². The van der Waals surface area contributed by atoms with Gasteiger partial charge in [0.2, 0.25) is 0 Å². The highest BCUT2D eigenvalue weighted by molar-refractivity contribution is 6.04. The van der Waals surface area contributed by atoms with Crippen molar-refractivity contribution in [3.63, 3.8) is 0 Å². The molecule has 0 aliphatic carbocycles. The van der Waals surface area contributed by atoms with Gasteiger partial charge in [0.25, 0.3) is 0 Å². The first-order valence-electron chi connectivity index (χ1n) is 6.37. The average Bonchev–Trinajstić information content (AvgIpc) is 2.50. The van der Waals surface area contributed by atoms with Crippen LogP contribution >= 0.6 is 0 Å². The molecule has 1 aromatic rings. The molecule has 0 atom stereocenters. The number of carbonyl (C=O) groups is 1. The zero-order valence-corrected chi connectivity index (χ0v) is 12.2. The fourth-order valence-corrected chi connectivity index (χ4v) is 1.64. The SMILES string of the molecule is COc1cc(/C=C(\C#N)C(=O)C(C)C)ccc1OCC#N. The Kier molecular flexibility index (Phi) is 5.98. The summed E-state index contributed by atoms with van der Waals surface area (Å²) in [5.41, 5.74) is 0.749. The highest BCUT2D eigenvalue weighted by Gasteiger charge is 2.14. The third-order valence-corrected chi connectivity index (χ3v) is 2.70. The molecule has 0 aliphatic heterocycles. The predicted molar refractivity (Wildman–Crippen MR) is 77.5 cm³/mol. The smallest absolute Gasteiger partial charge is 0.175 e. The van der Waals surface area contributed by atoms with Gasteiger partial charge in [0.1, 0.15) is 12.1 Å². The van der Waals surface area contributed by atoms with Crippen molar-refractivity contribution in [3.8, 4) is 23.6 Å². The Morgan fingerprint density at radius 3 is 2.57 bits per heavy atom. The summed E-state index contributed by atoms with van der Waals surface area (Å²) in [4.78, 5) is 11.9. The van der Waals surface area contributed by atoms with Crippen LogP contribution in [0.4, 0.5) is 0 Å². The van der Waals surface area contributed by atoms with Crippen LogP contribution in [0.2, 0.25) is 0 Å². The average molecular weight is 284 g/mol. The van der Waals surface area contributed by atoms with E-state index < -0.39 is 0 Å². The summed E-state index contributed by atoms with van der Waals surface area (Å²) in [6.07, 6.45) is 1.51. The van der Waals surface area contributed by atoms with E-state index in [-0.39, 0.29) is 23.9 Å². The molecule has 0 heterocycles. The van der Waals surface area contributed by atoms with Crippen LogP contribution in [-0.4, -0.2) is 19.5 Å². The zero-order valence-electron chi connectivity index (χ0n) is 12.2. The summed E-state index contributed by atoms with van der Waals surface area (Å²) in [5.74, 6) is 0.426. The van der Waals surface area contributed by atoms with Crippen LogP contribution in [0.5, 0.6) is 11.5 Å². The van der Waals surface area contributed by atoms with Crippen molar-refractivity contribution in [2.75, 3.05) is 13.7 Å². The largest absolute Gasteiger partial charge is 0.493 e. The number of hydrogen-bond donors (Lipinski definition) is 0. The number of nitriles is 2. The molecule has 0 spiro atoms. The molecule has 0 N–H and O–H groups in total. The molecule has 21 heavy (non-hydrogen) atoms. The molecule has 0 aromatic heterocycles. The van der Waals surface area contributed by atoms with Crippen molar-refractivity contribution in [1.29, 1.82) is 10.5 Å². The lowest BCUT2D eigenvalue weighted by molar-refractivity contribution is -0.117. The summed E-state index contributed by atoms with van der Waals surface area (Å²) in [7, 11) is 1.48. The van der Waals surface area contributed by atoms with E-state index in [1.54, 1.807) is 32.0 Å². The van der Waals surface area contributed by atoms with E-state index in [1.807, 2.05) is 12.1 Å². The maximum absolute atomic E-state index is 11.9. The second-order valence-corrected chi connectivity index (χ2v) is 4.55. The third kappa shape index (κ3) is 4.36. The Hall–Kier alpha value is -2.79. The fourth-order valence-electron chi connectivity index (χ4n) is 1.64. The van der Waals surface area contributed by atoms with Gasteiger partial charge in [0.15, 0.2) is 23.9 Å². The van der Waals surface area contributed by atoms with Crippen molar-refractivity contribution in [2.45, 2.75) is 13.8 Å². The first kappa shape index (κ1) is 16.3. The molecule has 0 aliphatic rings. The van der Waals surface area contributed by atoms with Crippen molar-refractivity contribution in [3.05, 3.63) is 29.3 Å². The van der Waals surface area contributed by atoms with Crippen LogP contribution < -0.4 is 9.47 Å². The fraction of sp³-hybridized carbons (Fsp3) is 0.312. The molecule has 5 nitrogen and oxygen atoms in total. The molecule has 5 heteroatoms. The topological polar surface area (TPSA) is 83.1 Å². The van der Waals surface area contributed by atoms with Gasteiger partial charge in [-0.15, -0.1) is 0 Å². The van der Waals surface area contributed by atoms with E-state index in [0.717, 1.165) is 0 Å². The van der Waals surface area contributed by atoms with Gasteiger partial charge in [-0.2, -0.15) is 10.5 Å². The van der Waals surface area contributed by atoms with Crippen molar-refractivity contribution >= 4 is 11.9 Å². The Balaban J connectivity index is 3.12. The van der Waals surface area contributed by atoms with Gasteiger partial charge in [-0.1, -0.05) is 19.9 Å². The Bertz CT molecular complexity index is 634. The van der Waals surface area contributed by atoms with Crippen LogP contribution in [0.15, 0.2) is 23.8 Å². The minimum absolute atomic E-state index is 0.0825. The quantitative estimate of drug-likeness (QED) is 0.592. The highest BCUT2D eigenvalue weighted by Crippen LogP contribution is 2.29. The number of ether oxygens (including phenoxy) is 2. The Labute approximate surface area is 124 Å². The molecule has 1 aromatic carbocycles. The number of nitrogens with zero attached hydrogens (tertiary/aromatic N) is 2. The number of allylic oxidation sites excluding steroid dienone is 1. The molecule has 0 fully saturated rings. The first-order valence-corrected chi connectivity index (χ1v) is 6.37. The number of carbonyl (C=O) groups excluding carboxylic acids is 1. The van der Waals surface area contributed by atoms with Gasteiger partial charge in [0.05, 0.1) is 12.7 Å². The van der Waals surface area contributed by atoms with E-state index in [1.165, 1.54) is 13.2 Å². The normalized spacial score (nSPS) is 10.7. The minimum atomic E-state index is -0.240. The summed E-state index contributed by atoms with van der Waals surface area (Å²) in [6, 6.07) is 8.77. The summed E-state index contributed by atoms with van der Waals surface area (Å²) < 4.78 is 10.4. The number of benzene rings is 1. The van der Waals surface area contributed by atoms with E-state index in [0.29, 0.717) is 17.1 Å². The predicted octanol–water partition coefficient (Wildman–Crippen LogP) is 2.73. The van der Waals surface area contributed by atoms with E-state index >= 15 is 0 Å². The molecule has 0 radical (unpaired) electrons. The van der Waals surface area contributed by atoms with E-state index in [2.05, 4.69) is 0 Å². The Morgan fingerprint density at radius 1 is 1.33 bits per heavy atom. The molecular weight excluding hydrogens is 268 g/mol. The Morgan fingerprint density at radius 2 is 2.05 bits per heavy atom. The van der Waals surface area contributed by atoms with E-state index in [4.69, 9.17) is 20.0 Å². The number of methoxy groups -OCH3 is 1. The van der Waals surface area contributed by atoms with Gasteiger partial charge in [-0.25, -0.2) is 0 Å². The maximum atomic E-state index is 11.9. The van der Waals surface area contributed by atoms with Crippen LogP contribution in [0.25, 0.3) is 6.08 Å². The van der Waals surface area contributed by atoms with Crippen LogP contribution in [-0.2, 0) is 4.79 Å². The molecular formula is C16H16N2O3. The number of Topliss-reactive ketones (excluding diaryl/α,β-unsaturated/α-hetero) is 1. The molecule has 0 saturated heterocycles. The lowest BCUT2D eigenvalue weighted by Gasteiger charge is -2.09. The van der Waals surface area contributed by atoms with Crippen LogP contribution in [0, 0.1) is 28.6 Å². The van der Waals surface area contributed by atoms with Gasteiger partial charge in [-0.3, -0.25) is 4.79 Å². The second kappa shape index (κ2) is 7.72. The summed E-state index contributed by atoms with van der Waals surface area (Å²) in [6.45, 7) is 3.40. The van der Waals surface area contributed by atoms with Crippen LogP contribution in [0.3, 0.4) is 0 Å². The molecule has 0 bridgehead atoms.